The first-order valence-electron chi connectivity index (χ1n) is 8.04. The average molecular weight is 383 g/mol. The first kappa shape index (κ1) is 17.8. The number of aromatic nitrogens is 1. The lowest BCUT2D eigenvalue weighted by molar-refractivity contribution is -0.121. The highest BCUT2D eigenvalue weighted by atomic mass is 35.5. The Kier molecular flexibility index (Phi) is 5.65. The number of ether oxygens (including phenoxy) is 2. The van der Waals surface area contributed by atoms with Crippen molar-refractivity contribution in [1.82, 2.24) is 9.88 Å². The number of amides is 1. The summed E-state index contributed by atoms with van der Waals surface area (Å²) in [5.74, 6) is 1.04. The first-order valence-corrected chi connectivity index (χ1v) is 9.30. The lowest BCUT2D eigenvalue weighted by Crippen LogP contribution is -2.26. The zero-order chi connectivity index (χ0) is 17.8. The molecule has 1 aliphatic heterocycles. The van der Waals surface area contributed by atoms with Crippen molar-refractivity contribution in [1.29, 1.82) is 0 Å². The molecule has 1 amide bonds. The second-order valence-electron chi connectivity index (χ2n) is 5.78. The average Bonchev–Trinajstić information content (AvgIpc) is 2.78. The lowest BCUT2D eigenvalue weighted by Gasteiger charge is -2.12. The molecule has 8 heteroatoms. The van der Waals surface area contributed by atoms with Gasteiger partial charge in [0.2, 0.25) is 5.91 Å². The van der Waals surface area contributed by atoms with Crippen molar-refractivity contribution in [2.24, 2.45) is 0 Å². The topological polar surface area (TPSA) is 69.6 Å². The minimum Gasteiger partial charge on any atom is -0.489 e. The summed E-state index contributed by atoms with van der Waals surface area (Å²) in [6.07, 6.45) is 1.05. The van der Waals surface area contributed by atoms with Gasteiger partial charge >= 0.3 is 4.87 Å². The summed E-state index contributed by atoms with van der Waals surface area (Å²) in [7, 11) is 0. The minimum atomic E-state index is -0.124. The van der Waals surface area contributed by atoms with Gasteiger partial charge in [-0.15, -0.1) is 0 Å². The predicted molar refractivity (Wildman–Crippen MR) is 96.8 cm³/mol. The van der Waals surface area contributed by atoms with Crippen LogP contribution in [0.15, 0.2) is 22.3 Å². The number of nitrogens with one attached hydrogen (secondary N) is 1. The second kappa shape index (κ2) is 7.93. The van der Waals surface area contributed by atoms with Crippen molar-refractivity contribution in [3.63, 3.8) is 0 Å². The number of carbonyl (C=O) groups excluding carboxylic acids is 1. The molecule has 25 heavy (non-hydrogen) atoms. The number of fused-ring (bicyclic) bond motifs is 1. The second-order valence-corrected chi connectivity index (χ2v) is 7.00. The van der Waals surface area contributed by atoms with E-state index in [-0.39, 0.29) is 17.2 Å². The van der Waals surface area contributed by atoms with Crippen molar-refractivity contribution < 1.29 is 14.3 Å². The Bertz CT molecular complexity index is 831. The van der Waals surface area contributed by atoms with E-state index in [1.165, 1.54) is 0 Å². The molecule has 1 N–H and O–H groups in total. The third-order valence-corrected chi connectivity index (χ3v) is 5.05. The minimum absolute atomic E-state index is 0.0417. The van der Waals surface area contributed by atoms with Crippen molar-refractivity contribution in [2.75, 3.05) is 13.2 Å². The summed E-state index contributed by atoms with van der Waals surface area (Å²) < 4.78 is 12.8. The van der Waals surface area contributed by atoms with E-state index in [4.69, 9.17) is 21.1 Å². The summed E-state index contributed by atoms with van der Waals surface area (Å²) in [6.45, 7) is 3.72. The quantitative estimate of drug-likeness (QED) is 0.863. The predicted octanol–water partition coefficient (Wildman–Crippen LogP) is 2.74. The highest BCUT2D eigenvalue weighted by Gasteiger charge is 2.16. The molecular weight excluding hydrogens is 364 g/mol. The molecule has 0 saturated heterocycles. The van der Waals surface area contributed by atoms with E-state index in [1.54, 1.807) is 16.0 Å². The van der Waals surface area contributed by atoms with Gasteiger partial charge in [0.05, 0.1) is 18.2 Å². The third-order valence-electron chi connectivity index (χ3n) is 3.89. The van der Waals surface area contributed by atoms with Gasteiger partial charge in [0.25, 0.3) is 0 Å². The zero-order valence-electron chi connectivity index (χ0n) is 13.8. The molecule has 0 spiro atoms. The Morgan fingerprint density at radius 3 is 2.92 bits per heavy atom. The Morgan fingerprint density at radius 1 is 1.36 bits per heavy atom. The summed E-state index contributed by atoms with van der Waals surface area (Å²) in [5, 5.41) is 5.11. The van der Waals surface area contributed by atoms with Gasteiger partial charge < -0.3 is 19.4 Å². The number of aryl methyl sites for hydroxylation is 1. The number of thiazole rings is 1. The highest BCUT2D eigenvalue weighted by Crippen LogP contribution is 2.37. The largest absolute Gasteiger partial charge is 0.489 e. The van der Waals surface area contributed by atoms with E-state index in [9.17, 15) is 9.59 Å². The van der Waals surface area contributed by atoms with E-state index < -0.39 is 0 Å². The van der Waals surface area contributed by atoms with Gasteiger partial charge in [-0.25, -0.2) is 0 Å². The Labute approximate surface area is 154 Å². The number of benzene rings is 1. The maximum atomic E-state index is 12.1. The Balaban J connectivity index is 1.58. The molecule has 0 aliphatic carbocycles. The van der Waals surface area contributed by atoms with Gasteiger partial charge in [-0.05, 0) is 24.6 Å². The molecule has 1 aromatic heterocycles. The monoisotopic (exact) mass is 382 g/mol. The molecule has 0 fully saturated rings. The SMILES string of the molecule is Cc1csc(=O)n1CCC(=O)NCc1cc(Cl)c2c(c1)OCCCO2. The van der Waals surface area contributed by atoms with Gasteiger partial charge in [-0.2, -0.15) is 0 Å². The fraction of sp³-hybridized carbons (Fsp3) is 0.412. The number of halogens is 1. The van der Waals surface area contributed by atoms with Gasteiger partial charge in [-0.1, -0.05) is 22.9 Å². The molecule has 6 nitrogen and oxygen atoms in total. The molecule has 2 heterocycles. The molecule has 0 atom stereocenters. The van der Waals surface area contributed by atoms with Crippen LogP contribution in [0.5, 0.6) is 11.5 Å². The number of nitrogens with zero attached hydrogens (tertiary/aromatic N) is 1. The van der Waals surface area contributed by atoms with E-state index in [1.807, 2.05) is 13.0 Å². The standard InChI is InChI=1S/C17H19ClN2O4S/c1-11-10-25-17(22)20(11)4-3-15(21)19-9-12-7-13(18)16-14(8-12)23-5-2-6-24-16/h7-8,10H,2-6,9H2,1H3,(H,19,21). The molecule has 2 aromatic rings. The van der Waals surface area contributed by atoms with Crippen LogP contribution in [0, 0.1) is 6.92 Å². The van der Waals surface area contributed by atoms with Crippen molar-refractivity contribution in [3.8, 4) is 11.5 Å². The molecule has 0 unspecified atom stereocenters. The third kappa shape index (κ3) is 4.35. The molecule has 0 bridgehead atoms. The number of rotatable bonds is 5. The van der Waals surface area contributed by atoms with Crippen LogP contribution in [-0.4, -0.2) is 23.7 Å². The number of hydrogen-bond acceptors (Lipinski definition) is 5. The summed E-state index contributed by atoms with van der Waals surface area (Å²) in [6, 6.07) is 3.60. The number of hydrogen-bond donors (Lipinski definition) is 1. The first-order chi connectivity index (χ1) is 12.0. The van der Waals surface area contributed by atoms with Crippen LogP contribution in [0.2, 0.25) is 5.02 Å². The van der Waals surface area contributed by atoms with Gasteiger partial charge in [0.15, 0.2) is 11.5 Å². The molecular formula is C17H19ClN2O4S. The van der Waals surface area contributed by atoms with Gasteiger partial charge in [-0.3, -0.25) is 9.59 Å². The van der Waals surface area contributed by atoms with Crippen LogP contribution < -0.4 is 19.7 Å². The summed E-state index contributed by atoms with van der Waals surface area (Å²) >= 11 is 7.39. The highest BCUT2D eigenvalue weighted by molar-refractivity contribution is 7.07. The smallest absolute Gasteiger partial charge is 0.307 e. The van der Waals surface area contributed by atoms with Crippen LogP contribution in [-0.2, 0) is 17.9 Å². The summed E-state index contributed by atoms with van der Waals surface area (Å²) in [5.41, 5.74) is 1.71. The van der Waals surface area contributed by atoms with Gasteiger partial charge in [0, 0.05) is 37.0 Å². The van der Waals surface area contributed by atoms with Crippen molar-refractivity contribution >= 4 is 28.8 Å². The lowest BCUT2D eigenvalue weighted by atomic mass is 10.2. The molecule has 134 valence electrons. The van der Waals surface area contributed by atoms with Crippen LogP contribution in [0.25, 0.3) is 0 Å². The fourth-order valence-electron chi connectivity index (χ4n) is 2.56. The molecule has 3 rings (SSSR count). The fourth-order valence-corrected chi connectivity index (χ4v) is 3.61. The van der Waals surface area contributed by atoms with Crippen LogP contribution >= 0.6 is 22.9 Å². The van der Waals surface area contributed by atoms with E-state index in [0.717, 1.165) is 29.0 Å². The van der Waals surface area contributed by atoms with E-state index >= 15 is 0 Å². The van der Waals surface area contributed by atoms with Crippen LogP contribution in [0.4, 0.5) is 0 Å². The Hall–Kier alpha value is -1.99. The summed E-state index contributed by atoms with van der Waals surface area (Å²) in [4.78, 5) is 23.7. The maximum absolute atomic E-state index is 12.1. The van der Waals surface area contributed by atoms with Gasteiger partial charge in [0.1, 0.15) is 0 Å². The van der Waals surface area contributed by atoms with E-state index in [2.05, 4.69) is 5.32 Å². The maximum Gasteiger partial charge on any atom is 0.307 e. The molecule has 0 saturated carbocycles. The van der Waals surface area contributed by atoms with Crippen molar-refractivity contribution in [3.05, 3.63) is 43.5 Å². The normalized spacial score (nSPS) is 13.4. The van der Waals surface area contributed by atoms with Crippen LogP contribution in [0.3, 0.4) is 0 Å². The molecule has 0 radical (unpaired) electrons. The zero-order valence-corrected chi connectivity index (χ0v) is 15.4. The Morgan fingerprint density at radius 2 is 2.16 bits per heavy atom. The van der Waals surface area contributed by atoms with Crippen LogP contribution in [0.1, 0.15) is 24.1 Å². The van der Waals surface area contributed by atoms with Crippen molar-refractivity contribution in [2.45, 2.75) is 32.9 Å². The molecule has 1 aromatic carbocycles. The van der Waals surface area contributed by atoms with E-state index in [0.29, 0.717) is 42.8 Å². The number of carbonyl (C=O) groups is 1. The molecule has 1 aliphatic rings.